The summed E-state index contributed by atoms with van der Waals surface area (Å²) in [5.41, 5.74) is 0.848. The molecule has 0 radical (unpaired) electrons. The number of likely N-dealkylation sites (tertiary alicyclic amines) is 2. The largest absolute Gasteiger partial charge is 0.362 e. The Morgan fingerprint density at radius 3 is 3.00 bits per heavy atom. The van der Waals surface area contributed by atoms with E-state index in [1.54, 1.807) is 0 Å². The van der Waals surface area contributed by atoms with Crippen molar-refractivity contribution in [1.82, 2.24) is 14.8 Å². The Kier molecular flexibility index (Phi) is 3.69. The van der Waals surface area contributed by atoms with Crippen LogP contribution in [0, 0.1) is 12.8 Å². The monoisotopic (exact) mass is 294 g/mol. The summed E-state index contributed by atoms with van der Waals surface area (Å²) in [6, 6.07) is 0.556. The van der Waals surface area contributed by atoms with Crippen molar-refractivity contribution in [3.63, 3.8) is 0 Å². The smallest absolute Gasteiger partial charge is 0.265 e. The van der Waals surface area contributed by atoms with Gasteiger partial charge in [0.05, 0.1) is 5.69 Å². The summed E-state index contributed by atoms with van der Waals surface area (Å²) < 4.78 is 0. The molecule has 0 aromatic carbocycles. The summed E-state index contributed by atoms with van der Waals surface area (Å²) in [6.45, 7) is 7.74. The maximum Gasteiger partial charge on any atom is 0.265 e. The number of aromatic nitrogens is 1. The number of carbonyl (C=O) groups excluding carboxylic acids is 1. The maximum absolute atomic E-state index is 12.7. The van der Waals surface area contributed by atoms with E-state index in [-0.39, 0.29) is 5.91 Å². The van der Waals surface area contributed by atoms with Crippen LogP contribution in [-0.4, -0.2) is 60.0 Å². The fourth-order valence-electron chi connectivity index (χ4n) is 3.30. The van der Waals surface area contributed by atoms with Crippen molar-refractivity contribution in [2.45, 2.75) is 26.3 Å². The fourth-order valence-corrected chi connectivity index (χ4v) is 4.31. The van der Waals surface area contributed by atoms with Gasteiger partial charge in [-0.15, -0.1) is 0 Å². The molecule has 0 unspecified atom stereocenters. The van der Waals surface area contributed by atoms with Crippen LogP contribution in [0.25, 0.3) is 0 Å². The first kappa shape index (κ1) is 13.8. The lowest BCUT2D eigenvalue weighted by Crippen LogP contribution is -2.35. The molecule has 0 spiro atoms. The second-order valence-electron chi connectivity index (χ2n) is 5.77. The van der Waals surface area contributed by atoms with E-state index in [4.69, 9.17) is 0 Å². The zero-order valence-electron chi connectivity index (χ0n) is 12.3. The van der Waals surface area contributed by atoms with Crippen LogP contribution in [0.4, 0.5) is 5.13 Å². The first-order valence-corrected chi connectivity index (χ1v) is 8.12. The molecule has 1 aromatic heterocycles. The lowest BCUT2D eigenvalue weighted by Gasteiger charge is -2.20. The number of nitrogens with zero attached hydrogens (tertiary/aromatic N) is 3. The molecule has 0 bridgehead atoms. The number of aryl methyl sites for hydroxylation is 1. The predicted octanol–water partition coefficient (Wildman–Crippen LogP) is 1.66. The lowest BCUT2D eigenvalue weighted by molar-refractivity contribution is 0.0778. The molecule has 3 heterocycles. The molecule has 0 aliphatic carbocycles. The third-order valence-corrected chi connectivity index (χ3v) is 5.53. The summed E-state index contributed by atoms with van der Waals surface area (Å²) >= 11 is 1.48. The summed E-state index contributed by atoms with van der Waals surface area (Å²) in [5.74, 6) is 0.817. The molecular formula is C14H22N4OS. The average Bonchev–Trinajstić information content (AvgIpc) is 3.07. The summed E-state index contributed by atoms with van der Waals surface area (Å²) in [6.07, 6.45) is 1.22. The van der Waals surface area contributed by atoms with Gasteiger partial charge in [-0.25, -0.2) is 4.98 Å². The van der Waals surface area contributed by atoms with Gasteiger partial charge < -0.3 is 15.1 Å². The Balaban J connectivity index is 1.73. The van der Waals surface area contributed by atoms with E-state index in [9.17, 15) is 4.79 Å². The minimum atomic E-state index is 0.159. The number of rotatable bonds is 3. The highest BCUT2D eigenvalue weighted by Gasteiger charge is 2.41. The van der Waals surface area contributed by atoms with Crippen molar-refractivity contribution in [2.24, 2.45) is 5.92 Å². The molecule has 1 aromatic rings. The zero-order valence-corrected chi connectivity index (χ0v) is 13.2. The molecule has 5 nitrogen and oxygen atoms in total. The minimum Gasteiger partial charge on any atom is -0.362 e. The number of amides is 1. The Bertz CT molecular complexity index is 515. The Hall–Kier alpha value is -1.14. The third kappa shape index (κ3) is 2.31. The summed E-state index contributed by atoms with van der Waals surface area (Å²) in [7, 11) is 2.17. The number of hydrogen-bond acceptors (Lipinski definition) is 5. The molecule has 1 N–H and O–H groups in total. The van der Waals surface area contributed by atoms with Crippen LogP contribution in [0.3, 0.4) is 0 Å². The molecule has 1 amide bonds. The van der Waals surface area contributed by atoms with Gasteiger partial charge in [0.2, 0.25) is 0 Å². The molecule has 2 saturated heterocycles. The van der Waals surface area contributed by atoms with E-state index < -0.39 is 0 Å². The van der Waals surface area contributed by atoms with Gasteiger partial charge in [0.25, 0.3) is 5.91 Å². The number of nitrogens with one attached hydrogen (secondary N) is 1. The molecular weight excluding hydrogens is 272 g/mol. The number of fused-ring (bicyclic) bond motifs is 1. The fraction of sp³-hybridized carbons (Fsp3) is 0.714. The van der Waals surface area contributed by atoms with Gasteiger partial charge in [-0.1, -0.05) is 11.3 Å². The molecule has 110 valence electrons. The normalized spacial score (nSPS) is 26.1. The Morgan fingerprint density at radius 2 is 2.30 bits per heavy atom. The van der Waals surface area contributed by atoms with Crippen molar-refractivity contribution in [3.05, 3.63) is 10.6 Å². The van der Waals surface area contributed by atoms with Gasteiger partial charge >= 0.3 is 0 Å². The van der Waals surface area contributed by atoms with Crippen LogP contribution in [0.2, 0.25) is 0 Å². The quantitative estimate of drug-likeness (QED) is 0.921. The number of thiazole rings is 1. The van der Waals surface area contributed by atoms with E-state index in [0.29, 0.717) is 12.0 Å². The van der Waals surface area contributed by atoms with Crippen LogP contribution < -0.4 is 5.32 Å². The molecule has 2 atom stereocenters. The number of anilines is 1. The molecule has 6 heteroatoms. The topological polar surface area (TPSA) is 48.5 Å². The van der Waals surface area contributed by atoms with Crippen LogP contribution in [-0.2, 0) is 0 Å². The molecule has 0 saturated carbocycles. The van der Waals surface area contributed by atoms with Gasteiger partial charge in [-0.2, -0.15) is 0 Å². The Labute approximate surface area is 124 Å². The molecule has 2 aliphatic heterocycles. The summed E-state index contributed by atoms with van der Waals surface area (Å²) in [4.78, 5) is 22.3. The summed E-state index contributed by atoms with van der Waals surface area (Å²) in [5, 5.41) is 4.04. The first-order valence-electron chi connectivity index (χ1n) is 7.31. The number of carbonyl (C=O) groups is 1. The highest BCUT2D eigenvalue weighted by atomic mass is 32.1. The molecule has 2 fully saturated rings. The van der Waals surface area contributed by atoms with E-state index in [0.717, 1.165) is 35.3 Å². The van der Waals surface area contributed by atoms with Crippen molar-refractivity contribution in [3.8, 4) is 0 Å². The van der Waals surface area contributed by atoms with Crippen LogP contribution in [0.1, 0.15) is 28.7 Å². The molecule has 3 rings (SSSR count). The van der Waals surface area contributed by atoms with Crippen LogP contribution >= 0.6 is 11.3 Å². The third-order valence-electron chi connectivity index (χ3n) is 4.43. The second-order valence-corrected chi connectivity index (χ2v) is 6.77. The van der Waals surface area contributed by atoms with Gasteiger partial charge in [-0.3, -0.25) is 4.79 Å². The van der Waals surface area contributed by atoms with Gasteiger partial charge in [0.1, 0.15) is 4.88 Å². The van der Waals surface area contributed by atoms with Gasteiger partial charge in [0, 0.05) is 25.7 Å². The van der Waals surface area contributed by atoms with E-state index in [1.807, 2.05) is 18.7 Å². The van der Waals surface area contributed by atoms with E-state index >= 15 is 0 Å². The highest BCUT2D eigenvalue weighted by molar-refractivity contribution is 7.17. The predicted molar refractivity (Wildman–Crippen MR) is 81.4 cm³/mol. The van der Waals surface area contributed by atoms with Crippen LogP contribution in [0.15, 0.2) is 0 Å². The Morgan fingerprint density at radius 1 is 1.50 bits per heavy atom. The standard InChI is InChI=1S/C14H22N4OS/c1-4-15-14-16-9(2)12(20-14)13(19)18-7-10-5-6-17(3)11(10)8-18/h10-11H,4-8H2,1-3H3,(H,15,16)/t10-,11+/m1/s1. The van der Waals surface area contributed by atoms with Crippen molar-refractivity contribution in [2.75, 3.05) is 38.5 Å². The average molecular weight is 294 g/mol. The van der Waals surface area contributed by atoms with Gasteiger partial charge in [0.15, 0.2) is 5.13 Å². The second kappa shape index (κ2) is 5.33. The molecule has 2 aliphatic rings. The molecule has 20 heavy (non-hydrogen) atoms. The van der Waals surface area contributed by atoms with Crippen molar-refractivity contribution >= 4 is 22.4 Å². The van der Waals surface area contributed by atoms with Gasteiger partial charge in [-0.05, 0) is 39.8 Å². The zero-order chi connectivity index (χ0) is 14.3. The maximum atomic E-state index is 12.7. The van der Waals surface area contributed by atoms with E-state index in [2.05, 4.69) is 22.2 Å². The van der Waals surface area contributed by atoms with E-state index in [1.165, 1.54) is 24.3 Å². The first-order chi connectivity index (χ1) is 9.60. The minimum absolute atomic E-state index is 0.159. The number of likely N-dealkylation sites (N-methyl/N-ethyl adjacent to an activating group) is 1. The highest BCUT2D eigenvalue weighted by Crippen LogP contribution is 2.32. The van der Waals surface area contributed by atoms with Crippen molar-refractivity contribution < 1.29 is 4.79 Å². The SMILES string of the molecule is CCNc1nc(C)c(C(=O)N2C[C@H]3CCN(C)[C@H]3C2)s1. The number of hydrogen-bond donors (Lipinski definition) is 1. The lowest BCUT2D eigenvalue weighted by atomic mass is 10.1. The van der Waals surface area contributed by atoms with Crippen LogP contribution in [0.5, 0.6) is 0 Å². The van der Waals surface area contributed by atoms with Crippen molar-refractivity contribution in [1.29, 1.82) is 0 Å².